The number of carbonyl (C=O) groups excluding carboxylic acids is 1. The van der Waals surface area contributed by atoms with Crippen LogP contribution in [0.2, 0.25) is 0 Å². The number of hydrogen-bond donors (Lipinski definition) is 0. The van der Waals surface area contributed by atoms with Crippen LogP contribution in [0, 0.1) is 0 Å². The van der Waals surface area contributed by atoms with Gasteiger partial charge in [0.25, 0.3) is 5.91 Å². The summed E-state index contributed by atoms with van der Waals surface area (Å²) in [6.45, 7) is 10.6. The fourth-order valence-electron chi connectivity index (χ4n) is 5.05. The smallest absolute Gasteiger partial charge is 0.290 e. The zero-order chi connectivity index (χ0) is 25.5. The minimum Gasteiger partial charge on any atom is -0.494 e. The van der Waals surface area contributed by atoms with Gasteiger partial charge in [-0.1, -0.05) is 51.0 Å². The molecular weight excluding hydrogens is 452 g/mol. The highest BCUT2D eigenvalue weighted by atomic mass is 16.5. The first-order valence-electron chi connectivity index (χ1n) is 13.4. The summed E-state index contributed by atoms with van der Waals surface area (Å²) in [5, 5.41) is 0.502. The van der Waals surface area contributed by atoms with Gasteiger partial charge in [-0.25, -0.2) is 0 Å². The lowest BCUT2D eigenvalue weighted by Gasteiger charge is -2.27. The normalized spacial score (nSPS) is 15.2. The zero-order valence-corrected chi connectivity index (χ0v) is 21.8. The van der Waals surface area contributed by atoms with Gasteiger partial charge in [-0.05, 0) is 75.6 Å². The Kier molecular flexibility index (Phi) is 8.81. The summed E-state index contributed by atoms with van der Waals surface area (Å²) in [5.41, 5.74) is 1.61. The van der Waals surface area contributed by atoms with E-state index in [-0.39, 0.29) is 17.1 Å². The molecule has 1 unspecified atom stereocenters. The van der Waals surface area contributed by atoms with Crippen LogP contribution in [0.15, 0.2) is 57.7 Å². The van der Waals surface area contributed by atoms with Crippen LogP contribution in [-0.2, 0) is 0 Å². The minimum atomic E-state index is -0.492. The van der Waals surface area contributed by atoms with E-state index in [4.69, 9.17) is 9.15 Å². The quantitative estimate of drug-likeness (QED) is 0.293. The Morgan fingerprint density at radius 2 is 1.64 bits per heavy atom. The predicted molar refractivity (Wildman–Crippen MR) is 144 cm³/mol. The summed E-state index contributed by atoms with van der Waals surface area (Å²) in [6, 6.07) is 14.4. The lowest BCUT2D eigenvalue weighted by Crippen LogP contribution is -2.34. The fraction of sp³-hybridized carbons (Fsp3) is 0.467. The second-order valence-corrected chi connectivity index (χ2v) is 9.48. The van der Waals surface area contributed by atoms with Gasteiger partial charge in [-0.3, -0.25) is 9.59 Å². The van der Waals surface area contributed by atoms with Crippen molar-refractivity contribution in [2.24, 2.45) is 0 Å². The number of unbranched alkanes of at least 4 members (excludes halogenated alkanes) is 2. The van der Waals surface area contributed by atoms with Crippen molar-refractivity contribution in [1.29, 1.82) is 0 Å². The van der Waals surface area contributed by atoms with Gasteiger partial charge in [0, 0.05) is 6.54 Å². The molecule has 6 heteroatoms. The van der Waals surface area contributed by atoms with E-state index in [1.54, 1.807) is 12.1 Å². The molecule has 0 spiro atoms. The van der Waals surface area contributed by atoms with Crippen molar-refractivity contribution in [3.05, 3.63) is 75.6 Å². The molecule has 36 heavy (non-hydrogen) atoms. The van der Waals surface area contributed by atoms with E-state index in [1.165, 1.54) is 25.7 Å². The van der Waals surface area contributed by atoms with Crippen molar-refractivity contribution in [1.82, 2.24) is 9.80 Å². The van der Waals surface area contributed by atoms with E-state index < -0.39 is 6.04 Å². The Bertz CT molecular complexity index is 1230. The van der Waals surface area contributed by atoms with E-state index in [1.807, 2.05) is 48.2 Å². The maximum absolute atomic E-state index is 13.7. The Labute approximate surface area is 213 Å². The number of hydrogen-bond acceptors (Lipinski definition) is 5. The third-order valence-electron chi connectivity index (χ3n) is 6.89. The van der Waals surface area contributed by atoms with Gasteiger partial charge in [0.2, 0.25) is 5.76 Å². The number of ether oxygens (including phenoxy) is 1. The molecule has 4 rings (SSSR count). The van der Waals surface area contributed by atoms with E-state index >= 15 is 0 Å². The van der Waals surface area contributed by atoms with Gasteiger partial charge in [-0.2, -0.15) is 0 Å². The highest BCUT2D eigenvalue weighted by Gasteiger charge is 2.42. The van der Waals surface area contributed by atoms with Crippen molar-refractivity contribution >= 4 is 16.9 Å². The lowest BCUT2D eigenvalue weighted by atomic mass is 9.98. The summed E-state index contributed by atoms with van der Waals surface area (Å²) < 4.78 is 11.8. The van der Waals surface area contributed by atoms with Gasteiger partial charge >= 0.3 is 0 Å². The number of fused-ring (bicyclic) bond motifs is 2. The molecule has 0 saturated carbocycles. The first-order chi connectivity index (χ1) is 17.6. The van der Waals surface area contributed by atoms with Gasteiger partial charge in [-0.15, -0.1) is 0 Å². The third kappa shape index (κ3) is 5.49. The van der Waals surface area contributed by atoms with Crippen LogP contribution in [-0.4, -0.2) is 48.5 Å². The minimum absolute atomic E-state index is 0.137. The first kappa shape index (κ1) is 26.0. The molecule has 0 radical (unpaired) electrons. The summed E-state index contributed by atoms with van der Waals surface area (Å²) in [7, 11) is 0. The number of nitrogens with zero attached hydrogens (tertiary/aromatic N) is 2. The van der Waals surface area contributed by atoms with Crippen molar-refractivity contribution in [2.45, 2.75) is 58.9 Å². The highest BCUT2D eigenvalue weighted by Crippen LogP contribution is 2.39. The van der Waals surface area contributed by atoms with Gasteiger partial charge in [0.15, 0.2) is 5.43 Å². The average Bonchev–Trinajstić information content (AvgIpc) is 3.17. The van der Waals surface area contributed by atoms with Crippen LogP contribution in [0.4, 0.5) is 0 Å². The molecule has 1 amide bonds. The molecule has 0 N–H and O–H groups in total. The summed E-state index contributed by atoms with van der Waals surface area (Å²) in [6.07, 6.45) is 5.53. The fourth-order valence-corrected chi connectivity index (χ4v) is 5.05. The number of benzene rings is 2. The summed E-state index contributed by atoms with van der Waals surface area (Å²) in [5.74, 6) is 0.680. The Morgan fingerprint density at radius 1 is 0.917 bits per heavy atom. The molecule has 0 aliphatic carbocycles. The van der Waals surface area contributed by atoms with Gasteiger partial charge in [0.1, 0.15) is 11.3 Å². The Balaban J connectivity index is 1.67. The van der Waals surface area contributed by atoms with E-state index in [0.29, 0.717) is 29.7 Å². The molecular formula is C30H38N2O4. The van der Waals surface area contributed by atoms with Crippen molar-refractivity contribution in [2.75, 3.05) is 32.8 Å². The number of carbonyl (C=O) groups is 1. The molecule has 1 aromatic heterocycles. The first-order valence-corrected chi connectivity index (χ1v) is 13.4. The monoisotopic (exact) mass is 490 g/mol. The standard InChI is InChI=1S/C30H38N2O4/c1-4-7-17-31(18-8-5-2)19-12-20-32-27(22-13-11-14-23(21-22)35-6-3)26-28(33)24-15-9-10-16-25(24)36-29(26)30(32)34/h9-11,13-16,21,27H,4-8,12,17-20H2,1-3H3. The molecule has 1 aliphatic rings. The van der Waals surface area contributed by atoms with Gasteiger partial charge in [0.05, 0.1) is 23.6 Å². The van der Waals surface area contributed by atoms with Crippen LogP contribution >= 0.6 is 0 Å². The molecule has 3 aromatic rings. The third-order valence-corrected chi connectivity index (χ3v) is 6.89. The molecule has 1 atom stereocenters. The lowest BCUT2D eigenvalue weighted by molar-refractivity contribution is 0.0719. The average molecular weight is 491 g/mol. The van der Waals surface area contributed by atoms with E-state index in [9.17, 15) is 9.59 Å². The molecule has 2 heterocycles. The van der Waals surface area contributed by atoms with Crippen molar-refractivity contribution < 1.29 is 13.9 Å². The summed E-state index contributed by atoms with van der Waals surface area (Å²) in [4.78, 5) is 31.6. The molecule has 2 aromatic carbocycles. The molecule has 0 fully saturated rings. The van der Waals surface area contributed by atoms with Crippen LogP contribution in [0.5, 0.6) is 5.75 Å². The largest absolute Gasteiger partial charge is 0.494 e. The van der Waals surface area contributed by atoms with E-state index in [0.717, 1.165) is 37.4 Å². The number of rotatable bonds is 13. The van der Waals surface area contributed by atoms with Crippen LogP contribution in [0.25, 0.3) is 11.0 Å². The maximum atomic E-state index is 13.7. The molecule has 1 aliphatic heterocycles. The zero-order valence-electron chi connectivity index (χ0n) is 21.8. The van der Waals surface area contributed by atoms with Crippen molar-refractivity contribution in [3.63, 3.8) is 0 Å². The second-order valence-electron chi connectivity index (χ2n) is 9.48. The molecule has 192 valence electrons. The SMILES string of the molecule is CCCCN(CCCC)CCCN1C(=O)c2oc3ccccc3c(=O)c2C1c1cccc(OCC)c1. The van der Waals surface area contributed by atoms with Gasteiger partial charge < -0.3 is 19.0 Å². The predicted octanol–water partition coefficient (Wildman–Crippen LogP) is 6.03. The van der Waals surface area contributed by atoms with E-state index in [2.05, 4.69) is 18.7 Å². The Hall–Kier alpha value is -3.12. The highest BCUT2D eigenvalue weighted by molar-refractivity contribution is 5.99. The molecule has 6 nitrogen and oxygen atoms in total. The van der Waals surface area contributed by atoms with Crippen LogP contribution in [0.1, 0.15) is 80.6 Å². The van der Waals surface area contributed by atoms with Crippen molar-refractivity contribution in [3.8, 4) is 5.75 Å². The summed E-state index contributed by atoms with van der Waals surface area (Å²) >= 11 is 0. The second kappa shape index (κ2) is 12.2. The van der Waals surface area contributed by atoms with Crippen LogP contribution < -0.4 is 10.2 Å². The molecule has 0 saturated heterocycles. The number of amides is 1. The maximum Gasteiger partial charge on any atom is 0.290 e. The van der Waals surface area contributed by atoms with Crippen LogP contribution in [0.3, 0.4) is 0 Å². The molecule has 0 bridgehead atoms. The topological polar surface area (TPSA) is 63.0 Å². The Morgan fingerprint density at radius 3 is 2.36 bits per heavy atom. The number of para-hydroxylation sites is 1.